The third-order valence-corrected chi connectivity index (χ3v) is 6.60. The average molecular weight is 402 g/mol. The SMILES string of the molecule is C[C@@H]1CNC[C@](NS(=O)(=O)CCN(C)C)(c2ccc(C#N)c3ncccc23)C1. The smallest absolute Gasteiger partial charge is 0.213 e. The molecule has 28 heavy (non-hydrogen) atoms. The second kappa shape index (κ2) is 8.13. The van der Waals surface area contributed by atoms with Gasteiger partial charge in [-0.2, -0.15) is 5.26 Å². The fraction of sp³-hybridized carbons (Fsp3) is 0.500. The maximum atomic E-state index is 12.9. The number of sulfonamides is 1. The summed E-state index contributed by atoms with van der Waals surface area (Å²) < 4.78 is 28.8. The number of nitrogens with one attached hydrogen (secondary N) is 2. The summed E-state index contributed by atoms with van der Waals surface area (Å²) in [5.41, 5.74) is 1.18. The van der Waals surface area contributed by atoms with Gasteiger partial charge in [0, 0.05) is 24.7 Å². The van der Waals surface area contributed by atoms with Crippen LogP contribution in [0.3, 0.4) is 0 Å². The van der Waals surface area contributed by atoms with Crippen LogP contribution in [0.2, 0.25) is 0 Å². The van der Waals surface area contributed by atoms with E-state index in [-0.39, 0.29) is 5.75 Å². The van der Waals surface area contributed by atoms with Gasteiger partial charge in [0.2, 0.25) is 10.0 Å². The van der Waals surface area contributed by atoms with Crippen LogP contribution in [0.25, 0.3) is 10.9 Å². The predicted octanol–water partition coefficient (Wildman–Crippen LogP) is 1.41. The summed E-state index contributed by atoms with van der Waals surface area (Å²) in [5.74, 6) is 0.329. The number of nitriles is 1. The third kappa shape index (κ3) is 4.33. The first-order valence-corrected chi connectivity index (χ1v) is 11.1. The molecular formula is C20H27N5O2S. The normalized spacial score (nSPS) is 23.0. The molecule has 0 saturated carbocycles. The number of hydrogen-bond acceptors (Lipinski definition) is 6. The van der Waals surface area contributed by atoms with Gasteiger partial charge in [-0.15, -0.1) is 0 Å². The Kier molecular flexibility index (Phi) is 6.01. The van der Waals surface area contributed by atoms with Gasteiger partial charge in [0.15, 0.2) is 0 Å². The first-order chi connectivity index (χ1) is 13.3. The number of nitrogens with zero attached hydrogens (tertiary/aromatic N) is 3. The summed E-state index contributed by atoms with van der Waals surface area (Å²) in [6.45, 7) is 3.89. The van der Waals surface area contributed by atoms with Gasteiger partial charge in [-0.05, 0) is 50.7 Å². The Bertz CT molecular complexity index is 999. The van der Waals surface area contributed by atoms with E-state index in [9.17, 15) is 13.7 Å². The molecular weight excluding hydrogens is 374 g/mol. The highest BCUT2D eigenvalue weighted by atomic mass is 32.2. The Labute approximate surface area is 166 Å². The van der Waals surface area contributed by atoms with Crippen molar-refractivity contribution in [2.75, 3.05) is 39.5 Å². The lowest BCUT2D eigenvalue weighted by molar-refractivity contribution is 0.238. The number of aromatic nitrogens is 1. The van der Waals surface area contributed by atoms with Crippen molar-refractivity contribution in [1.82, 2.24) is 19.9 Å². The minimum atomic E-state index is -3.51. The van der Waals surface area contributed by atoms with Gasteiger partial charge in [0.1, 0.15) is 6.07 Å². The lowest BCUT2D eigenvalue weighted by Crippen LogP contribution is -2.57. The molecule has 0 bridgehead atoms. The molecule has 0 amide bonds. The second-order valence-corrected chi connectivity index (χ2v) is 9.76. The quantitative estimate of drug-likeness (QED) is 0.760. The van der Waals surface area contributed by atoms with Crippen LogP contribution in [0.4, 0.5) is 0 Å². The van der Waals surface area contributed by atoms with Crippen molar-refractivity contribution in [3.05, 3.63) is 41.6 Å². The van der Waals surface area contributed by atoms with E-state index in [1.807, 2.05) is 37.2 Å². The zero-order valence-electron chi connectivity index (χ0n) is 16.6. The Hall–Kier alpha value is -2.05. The van der Waals surface area contributed by atoms with Crippen molar-refractivity contribution in [2.45, 2.75) is 18.9 Å². The molecule has 1 aromatic heterocycles. The molecule has 7 nitrogen and oxygen atoms in total. The Morgan fingerprint density at radius 1 is 1.39 bits per heavy atom. The lowest BCUT2D eigenvalue weighted by Gasteiger charge is -2.42. The topological polar surface area (TPSA) is 98.1 Å². The molecule has 0 radical (unpaired) electrons. The van der Waals surface area contributed by atoms with Crippen LogP contribution in [-0.2, 0) is 15.6 Å². The molecule has 1 aliphatic rings. The Balaban J connectivity index is 2.12. The molecule has 8 heteroatoms. The second-order valence-electron chi connectivity index (χ2n) is 7.92. The summed E-state index contributed by atoms with van der Waals surface area (Å²) in [6, 6.07) is 9.52. The molecule has 1 aromatic carbocycles. The van der Waals surface area contributed by atoms with E-state index in [2.05, 4.69) is 28.0 Å². The predicted molar refractivity (Wildman–Crippen MR) is 110 cm³/mol. The minimum absolute atomic E-state index is 0.0303. The largest absolute Gasteiger partial charge is 0.314 e. The summed E-state index contributed by atoms with van der Waals surface area (Å²) >= 11 is 0. The van der Waals surface area contributed by atoms with Crippen LogP contribution in [0.5, 0.6) is 0 Å². The standard InChI is InChI=1S/C20H27N5O2S/c1-15-11-20(14-22-13-15,24-28(26,27)10-9-25(2)3)18-7-6-16(12-21)19-17(18)5-4-8-23-19/h4-8,15,22,24H,9-11,13-14H2,1-3H3/t15-,20-/m0/s1. The highest BCUT2D eigenvalue weighted by molar-refractivity contribution is 7.89. The summed E-state index contributed by atoms with van der Waals surface area (Å²) in [5, 5.41) is 13.6. The van der Waals surface area contributed by atoms with Gasteiger partial charge in [-0.3, -0.25) is 4.98 Å². The van der Waals surface area contributed by atoms with Crippen LogP contribution in [0.15, 0.2) is 30.5 Å². The van der Waals surface area contributed by atoms with E-state index in [0.29, 0.717) is 36.5 Å². The van der Waals surface area contributed by atoms with Crippen molar-refractivity contribution in [2.24, 2.45) is 5.92 Å². The van der Waals surface area contributed by atoms with E-state index in [1.165, 1.54) is 0 Å². The van der Waals surface area contributed by atoms with Crippen molar-refractivity contribution in [3.63, 3.8) is 0 Å². The number of hydrogen-bond donors (Lipinski definition) is 2. The van der Waals surface area contributed by atoms with Crippen molar-refractivity contribution in [3.8, 4) is 6.07 Å². The number of piperidine rings is 1. The van der Waals surface area contributed by atoms with E-state index in [4.69, 9.17) is 0 Å². The van der Waals surface area contributed by atoms with Crippen molar-refractivity contribution in [1.29, 1.82) is 5.26 Å². The molecule has 1 saturated heterocycles. The summed E-state index contributed by atoms with van der Waals surface area (Å²) in [6.07, 6.45) is 2.33. The zero-order chi connectivity index (χ0) is 20.4. The van der Waals surface area contributed by atoms with Gasteiger partial charge in [0.25, 0.3) is 0 Å². The van der Waals surface area contributed by atoms with E-state index < -0.39 is 15.6 Å². The van der Waals surface area contributed by atoms with Gasteiger partial charge >= 0.3 is 0 Å². The summed E-state index contributed by atoms with van der Waals surface area (Å²) in [7, 11) is 0.205. The minimum Gasteiger partial charge on any atom is -0.314 e. The monoisotopic (exact) mass is 401 g/mol. The van der Waals surface area contributed by atoms with Crippen LogP contribution in [0, 0.1) is 17.2 Å². The highest BCUT2D eigenvalue weighted by Gasteiger charge is 2.41. The number of benzene rings is 1. The molecule has 3 rings (SSSR count). The molecule has 1 aliphatic heterocycles. The number of fused-ring (bicyclic) bond motifs is 1. The Morgan fingerprint density at radius 3 is 2.86 bits per heavy atom. The number of pyridine rings is 1. The first-order valence-electron chi connectivity index (χ1n) is 9.42. The van der Waals surface area contributed by atoms with E-state index >= 15 is 0 Å². The maximum absolute atomic E-state index is 12.9. The number of rotatable bonds is 6. The van der Waals surface area contributed by atoms with Gasteiger partial charge < -0.3 is 10.2 Å². The maximum Gasteiger partial charge on any atom is 0.213 e. The zero-order valence-corrected chi connectivity index (χ0v) is 17.4. The van der Waals surface area contributed by atoms with Gasteiger partial charge in [0.05, 0.1) is 22.4 Å². The Morgan fingerprint density at radius 2 is 2.18 bits per heavy atom. The molecule has 150 valence electrons. The highest BCUT2D eigenvalue weighted by Crippen LogP contribution is 2.36. The molecule has 1 fully saturated rings. The van der Waals surface area contributed by atoms with Gasteiger partial charge in [-0.25, -0.2) is 13.1 Å². The molecule has 0 unspecified atom stereocenters. The average Bonchev–Trinajstić information content (AvgIpc) is 2.65. The van der Waals surface area contributed by atoms with Crippen LogP contribution < -0.4 is 10.0 Å². The van der Waals surface area contributed by atoms with Gasteiger partial charge in [-0.1, -0.05) is 19.1 Å². The van der Waals surface area contributed by atoms with E-state index in [0.717, 1.165) is 17.5 Å². The molecule has 2 atom stereocenters. The van der Waals surface area contributed by atoms with Crippen molar-refractivity contribution >= 4 is 20.9 Å². The van der Waals surface area contributed by atoms with Crippen LogP contribution in [-0.4, -0.2) is 57.8 Å². The summed E-state index contributed by atoms with van der Waals surface area (Å²) in [4.78, 5) is 6.24. The lowest BCUT2D eigenvalue weighted by atomic mass is 9.78. The fourth-order valence-corrected chi connectivity index (χ4v) is 5.51. The van der Waals surface area contributed by atoms with Crippen molar-refractivity contribution < 1.29 is 8.42 Å². The third-order valence-electron chi connectivity index (χ3n) is 5.18. The molecule has 0 spiro atoms. The van der Waals surface area contributed by atoms with Crippen LogP contribution in [0.1, 0.15) is 24.5 Å². The molecule has 0 aliphatic carbocycles. The van der Waals surface area contributed by atoms with Crippen LogP contribution >= 0.6 is 0 Å². The molecule has 2 N–H and O–H groups in total. The first kappa shape index (κ1) is 20.7. The molecule has 2 aromatic rings. The van der Waals surface area contributed by atoms with E-state index in [1.54, 1.807) is 12.3 Å². The molecule has 2 heterocycles. The fourth-order valence-electron chi connectivity index (χ4n) is 3.94.